The molecule has 8 nitrogen and oxygen atoms in total. The van der Waals surface area contributed by atoms with E-state index >= 15 is 0 Å². The highest BCUT2D eigenvalue weighted by Gasteiger charge is 2.23. The maximum atomic E-state index is 6.53. The Hall–Kier alpha value is -7.55. The summed E-state index contributed by atoms with van der Waals surface area (Å²) in [7, 11) is 0. The molecule has 0 aliphatic carbocycles. The van der Waals surface area contributed by atoms with Gasteiger partial charge in [-0.1, -0.05) is 281 Å². The van der Waals surface area contributed by atoms with Crippen molar-refractivity contribution in [3.8, 4) is 56.0 Å². The predicted octanol–water partition coefficient (Wildman–Crippen LogP) is 22.7. The fourth-order valence-corrected chi connectivity index (χ4v) is 12.3. The summed E-state index contributed by atoms with van der Waals surface area (Å²) in [4.78, 5) is 3.82. The maximum Gasteiger partial charge on any atom is 0.126 e. The summed E-state index contributed by atoms with van der Waals surface area (Å²) in [5.41, 5.74) is 23.7. The van der Waals surface area contributed by atoms with Gasteiger partial charge in [-0.25, -0.2) is 0 Å². The standard InChI is InChI=1S/C52H65N3O2.C32H40ClN3/c1-11-38-19-17-21-42(50(38)57-35-36(2)3)34-41-20-16-18-37(4)49(41)56-33-15-13-12-14-32-55-53-47-45(39-22-26-43(27-23-39)51(5,6)7)30-31-46(48(47)54-55)40-24-28-44(29-25-40)52(8,9)10;1-31(2,3)25-15-11-23(12-16-25)27-19-20-28(24-13-17-26(18-14-24)32(4,5)6)30-29(27)34-36(35-30)22-10-8-7-9-21-33/h16-31,36H,11-15,32-35H2,1-10H3;11-20H,7-10,21-22H2,1-6H3. The fourth-order valence-electron chi connectivity index (χ4n) is 12.1. The van der Waals surface area contributed by atoms with E-state index in [0.29, 0.717) is 19.1 Å². The highest BCUT2D eigenvalue weighted by molar-refractivity contribution is 6.17. The van der Waals surface area contributed by atoms with Crippen LogP contribution in [-0.4, -0.2) is 49.1 Å². The molecular formula is C84H105ClN6O2. The second-order valence-corrected chi connectivity index (χ2v) is 30.6. The van der Waals surface area contributed by atoms with E-state index in [-0.39, 0.29) is 21.7 Å². The first kappa shape index (κ1) is 69.8. The summed E-state index contributed by atoms with van der Waals surface area (Å²) in [5.74, 6) is 3.26. The van der Waals surface area contributed by atoms with Crippen molar-refractivity contribution in [2.75, 3.05) is 19.1 Å². The number of nitrogens with zero attached hydrogens (tertiary/aromatic N) is 6. The largest absolute Gasteiger partial charge is 0.493 e. The van der Waals surface area contributed by atoms with Crippen LogP contribution in [0.2, 0.25) is 0 Å². The Labute approximate surface area is 562 Å². The van der Waals surface area contributed by atoms with Crippen LogP contribution >= 0.6 is 11.6 Å². The van der Waals surface area contributed by atoms with E-state index in [1.54, 1.807) is 0 Å². The number of fused-ring (bicyclic) bond motifs is 2. The van der Waals surface area contributed by atoms with Gasteiger partial charge in [0.25, 0.3) is 0 Å². The van der Waals surface area contributed by atoms with E-state index in [0.717, 1.165) is 139 Å². The van der Waals surface area contributed by atoms with Gasteiger partial charge in [-0.2, -0.15) is 30.0 Å². The zero-order valence-corrected chi connectivity index (χ0v) is 59.8. The van der Waals surface area contributed by atoms with Crippen molar-refractivity contribution < 1.29 is 9.47 Å². The van der Waals surface area contributed by atoms with Gasteiger partial charge in [0.1, 0.15) is 33.6 Å². The van der Waals surface area contributed by atoms with Crippen LogP contribution < -0.4 is 9.47 Å². The second kappa shape index (κ2) is 30.7. The molecule has 0 saturated carbocycles. The van der Waals surface area contributed by atoms with Crippen molar-refractivity contribution in [2.45, 2.75) is 210 Å². The average Bonchev–Trinajstić information content (AvgIpc) is 1.69. The number of alkyl halides is 1. The third-order valence-corrected chi connectivity index (χ3v) is 18.2. The van der Waals surface area contributed by atoms with Crippen molar-refractivity contribution in [3.05, 3.63) is 202 Å². The number of unbranched alkanes of at least 4 members (excludes halogenated alkanes) is 6. The molecule has 0 amide bonds. The summed E-state index contributed by atoms with van der Waals surface area (Å²) in [6.07, 6.45) is 10.4. The summed E-state index contributed by atoms with van der Waals surface area (Å²) in [6, 6.07) is 57.7. The molecule has 10 rings (SSSR count). The van der Waals surface area contributed by atoms with Gasteiger partial charge in [-0.3, -0.25) is 0 Å². The Kier molecular flexibility index (Phi) is 23.0. The second-order valence-electron chi connectivity index (χ2n) is 30.2. The highest BCUT2D eigenvalue weighted by atomic mass is 35.5. The summed E-state index contributed by atoms with van der Waals surface area (Å²) < 4.78 is 12.9. The van der Waals surface area contributed by atoms with Crippen molar-refractivity contribution in [3.63, 3.8) is 0 Å². The number of ether oxygens (including phenoxy) is 2. The number of hydrogen-bond donors (Lipinski definition) is 0. The lowest BCUT2D eigenvalue weighted by Crippen LogP contribution is -2.10. The number of halogens is 1. The Bertz CT molecular complexity index is 3840. The summed E-state index contributed by atoms with van der Waals surface area (Å²) in [6.45, 7) is 38.8. The Balaban J connectivity index is 0.000000243. The Morgan fingerprint density at radius 2 is 0.720 bits per heavy atom. The molecule has 8 aromatic carbocycles. The smallest absolute Gasteiger partial charge is 0.126 e. The molecule has 93 heavy (non-hydrogen) atoms. The van der Waals surface area contributed by atoms with E-state index in [4.69, 9.17) is 41.5 Å². The fraction of sp³-hybridized carbons (Fsp3) is 0.429. The molecule has 0 aliphatic heterocycles. The third kappa shape index (κ3) is 18.0. The number of aromatic nitrogens is 6. The van der Waals surface area contributed by atoms with Gasteiger partial charge in [-0.05, 0) is 140 Å². The molecule has 0 unspecified atom stereocenters. The monoisotopic (exact) mass is 1260 g/mol. The lowest BCUT2D eigenvalue weighted by Gasteiger charge is -2.19. The minimum Gasteiger partial charge on any atom is -0.493 e. The van der Waals surface area contributed by atoms with Gasteiger partial charge >= 0.3 is 0 Å². The van der Waals surface area contributed by atoms with Crippen molar-refractivity contribution in [2.24, 2.45) is 5.92 Å². The molecule has 490 valence electrons. The van der Waals surface area contributed by atoms with Gasteiger partial charge in [0.05, 0.1) is 26.3 Å². The number of aryl methyl sites for hydroxylation is 4. The predicted molar refractivity (Wildman–Crippen MR) is 395 cm³/mol. The number of benzene rings is 8. The molecule has 10 aromatic rings. The zero-order chi connectivity index (χ0) is 66.7. The summed E-state index contributed by atoms with van der Waals surface area (Å²) >= 11 is 5.84. The van der Waals surface area contributed by atoms with E-state index in [2.05, 4.69) is 269 Å². The van der Waals surface area contributed by atoms with Gasteiger partial charge < -0.3 is 9.47 Å². The van der Waals surface area contributed by atoms with Crippen molar-refractivity contribution in [1.29, 1.82) is 0 Å². The molecule has 2 aromatic heterocycles. The molecule has 0 fully saturated rings. The quantitative estimate of drug-likeness (QED) is 0.0443. The molecule has 0 aliphatic rings. The normalized spacial score (nSPS) is 12.2. The first-order chi connectivity index (χ1) is 44.3. The lowest BCUT2D eigenvalue weighted by molar-refractivity contribution is 0.266. The summed E-state index contributed by atoms with van der Waals surface area (Å²) in [5, 5.41) is 20.3. The third-order valence-electron chi connectivity index (χ3n) is 17.9. The lowest BCUT2D eigenvalue weighted by atomic mass is 9.85. The van der Waals surface area contributed by atoms with E-state index < -0.39 is 0 Å². The molecule has 2 heterocycles. The Morgan fingerprint density at radius 3 is 1.06 bits per heavy atom. The molecule has 0 bridgehead atoms. The first-order valence-corrected chi connectivity index (χ1v) is 35.0. The van der Waals surface area contributed by atoms with E-state index in [1.165, 1.54) is 66.8 Å². The molecule has 9 heteroatoms. The van der Waals surface area contributed by atoms with Gasteiger partial charge in [0.15, 0.2) is 0 Å². The van der Waals surface area contributed by atoms with E-state index in [1.807, 2.05) is 9.59 Å². The molecule has 0 atom stereocenters. The van der Waals surface area contributed by atoms with Crippen LogP contribution in [0.15, 0.2) is 158 Å². The molecule has 0 saturated heterocycles. The maximum absolute atomic E-state index is 6.53. The van der Waals surface area contributed by atoms with Crippen LogP contribution in [0.25, 0.3) is 66.6 Å². The number of para-hydroxylation sites is 2. The van der Waals surface area contributed by atoms with Crippen LogP contribution in [0, 0.1) is 12.8 Å². The van der Waals surface area contributed by atoms with Crippen LogP contribution in [-0.2, 0) is 47.6 Å². The molecule has 0 radical (unpaired) electrons. The molecule has 0 spiro atoms. The highest BCUT2D eigenvalue weighted by Crippen LogP contribution is 2.39. The van der Waals surface area contributed by atoms with Crippen LogP contribution in [0.1, 0.15) is 200 Å². The van der Waals surface area contributed by atoms with Crippen LogP contribution in [0.3, 0.4) is 0 Å². The topological polar surface area (TPSA) is 79.9 Å². The SMILES string of the molecule is CC(C)(C)c1ccc(-c2ccc(-c3ccc(C(C)(C)C)cc3)c3nn(CCCCCCCl)nc23)cc1.CCc1cccc(Cc2cccc(C)c2OCCCCCCn2nc3c(-c4ccc(C(C)(C)C)cc4)ccc(-c4ccc(C(C)(C)C)cc4)c3n2)c1OCC(C)C. The molecule has 0 N–H and O–H groups in total. The van der Waals surface area contributed by atoms with Gasteiger partial charge in [0, 0.05) is 34.6 Å². The first-order valence-electron chi connectivity index (χ1n) is 34.5. The molecular weight excluding hydrogens is 1160 g/mol. The minimum atomic E-state index is 0.101. The Morgan fingerprint density at radius 1 is 0.387 bits per heavy atom. The number of hydrogen-bond acceptors (Lipinski definition) is 6. The number of rotatable bonds is 24. The average molecular weight is 1270 g/mol. The van der Waals surface area contributed by atoms with Crippen molar-refractivity contribution >= 4 is 33.7 Å². The van der Waals surface area contributed by atoms with Gasteiger partial charge in [-0.15, -0.1) is 11.6 Å². The van der Waals surface area contributed by atoms with Crippen LogP contribution in [0.5, 0.6) is 11.5 Å². The van der Waals surface area contributed by atoms with Crippen molar-refractivity contribution in [1.82, 2.24) is 30.0 Å². The van der Waals surface area contributed by atoms with E-state index in [9.17, 15) is 0 Å². The van der Waals surface area contributed by atoms with Crippen LogP contribution in [0.4, 0.5) is 0 Å². The minimum absolute atomic E-state index is 0.101. The zero-order valence-electron chi connectivity index (χ0n) is 59.1. The van der Waals surface area contributed by atoms with Gasteiger partial charge in [0.2, 0.25) is 0 Å².